The molecule has 20 heavy (non-hydrogen) atoms. The summed E-state index contributed by atoms with van der Waals surface area (Å²) in [5, 5.41) is 0. The van der Waals surface area contributed by atoms with Crippen LogP contribution < -0.4 is 0 Å². The summed E-state index contributed by atoms with van der Waals surface area (Å²) in [6.07, 6.45) is 12.8. The van der Waals surface area contributed by atoms with Gasteiger partial charge in [-0.25, -0.2) is 0 Å². The van der Waals surface area contributed by atoms with Gasteiger partial charge < -0.3 is 9.72 Å². The van der Waals surface area contributed by atoms with E-state index >= 15 is 0 Å². The van der Waals surface area contributed by atoms with Crippen LogP contribution >= 0.6 is 0 Å². The molecule has 0 bridgehead atoms. The van der Waals surface area contributed by atoms with Crippen molar-refractivity contribution in [2.24, 2.45) is 0 Å². The Labute approximate surface area is 122 Å². The first-order chi connectivity index (χ1) is 9.83. The van der Waals surface area contributed by atoms with Gasteiger partial charge in [-0.05, 0) is 37.8 Å². The van der Waals surface area contributed by atoms with Gasteiger partial charge in [-0.2, -0.15) is 0 Å². The Kier molecular flexibility index (Phi) is 6.16. The number of hydrogen-bond donors (Lipinski definition) is 1. The summed E-state index contributed by atoms with van der Waals surface area (Å²) in [5.41, 5.74) is 2.41. The molecule has 0 aliphatic heterocycles. The second kappa shape index (κ2) is 8.13. The van der Waals surface area contributed by atoms with Gasteiger partial charge in [-0.1, -0.05) is 38.5 Å². The minimum Gasteiger partial charge on any atom is -0.465 e. The normalized spacial score (nSPS) is 21.4. The largest absolute Gasteiger partial charge is 0.465 e. The molecule has 0 radical (unpaired) electrons. The molecular formula is C17H27NO2. The predicted octanol–water partition coefficient (Wildman–Crippen LogP) is 4.34. The molecule has 112 valence electrons. The van der Waals surface area contributed by atoms with Crippen LogP contribution in [0.5, 0.6) is 0 Å². The first-order valence-electron chi connectivity index (χ1n) is 8.15. The van der Waals surface area contributed by atoms with E-state index in [2.05, 4.69) is 11.1 Å². The summed E-state index contributed by atoms with van der Waals surface area (Å²) in [6.45, 7) is 2.34. The van der Waals surface area contributed by atoms with E-state index in [0.29, 0.717) is 6.61 Å². The number of ether oxygens (including phenoxy) is 1. The van der Waals surface area contributed by atoms with E-state index in [1.54, 1.807) is 0 Å². The van der Waals surface area contributed by atoms with Crippen molar-refractivity contribution in [3.05, 3.63) is 23.5 Å². The number of H-pyrrole nitrogens is 1. The van der Waals surface area contributed by atoms with Crippen LogP contribution in [0.4, 0.5) is 0 Å². The predicted molar refractivity (Wildman–Crippen MR) is 80.8 cm³/mol. The average molecular weight is 277 g/mol. The fourth-order valence-corrected chi connectivity index (χ4v) is 3.13. The Hall–Kier alpha value is -1.25. The Morgan fingerprint density at radius 1 is 1.20 bits per heavy atom. The summed E-state index contributed by atoms with van der Waals surface area (Å²) >= 11 is 0. The SMILES string of the molecule is CCOC(=O)C1CCCCCCCCCc2cc[nH]c21. The zero-order valence-electron chi connectivity index (χ0n) is 12.6. The molecule has 1 unspecified atom stereocenters. The zero-order valence-corrected chi connectivity index (χ0v) is 12.6. The van der Waals surface area contributed by atoms with Gasteiger partial charge in [0.15, 0.2) is 0 Å². The number of aromatic nitrogens is 1. The highest BCUT2D eigenvalue weighted by Crippen LogP contribution is 2.28. The number of nitrogens with one attached hydrogen (secondary N) is 1. The molecule has 3 nitrogen and oxygen atoms in total. The minimum absolute atomic E-state index is 0.0618. The van der Waals surface area contributed by atoms with Gasteiger partial charge in [0.25, 0.3) is 0 Å². The number of fused-ring (bicyclic) bond motifs is 1. The van der Waals surface area contributed by atoms with E-state index in [1.165, 1.54) is 44.1 Å². The highest BCUT2D eigenvalue weighted by molar-refractivity contribution is 5.78. The van der Waals surface area contributed by atoms with Crippen LogP contribution in [0.1, 0.15) is 75.5 Å². The maximum atomic E-state index is 12.2. The number of carbonyl (C=O) groups is 1. The fraction of sp³-hybridized carbons (Fsp3) is 0.706. The number of rotatable bonds is 2. The van der Waals surface area contributed by atoms with Gasteiger partial charge in [-0.3, -0.25) is 4.79 Å². The topological polar surface area (TPSA) is 42.1 Å². The van der Waals surface area contributed by atoms with Crippen molar-refractivity contribution in [3.63, 3.8) is 0 Å². The first kappa shape index (κ1) is 15.1. The lowest BCUT2D eigenvalue weighted by molar-refractivity contribution is -0.145. The van der Waals surface area contributed by atoms with Crippen molar-refractivity contribution in [3.8, 4) is 0 Å². The molecule has 1 N–H and O–H groups in total. The number of aryl methyl sites for hydroxylation is 1. The van der Waals surface area contributed by atoms with Crippen LogP contribution in [0.25, 0.3) is 0 Å². The summed E-state index contributed by atoms with van der Waals surface area (Å²) in [6, 6.07) is 2.13. The summed E-state index contributed by atoms with van der Waals surface area (Å²) in [7, 11) is 0. The number of hydrogen-bond acceptors (Lipinski definition) is 2. The molecule has 1 aromatic rings. The standard InChI is InChI=1S/C17H27NO2/c1-2-20-17(19)15-11-9-7-5-3-4-6-8-10-14-12-13-18-16(14)15/h12-13,15,18H,2-11H2,1H3. The average Bonchev–Trinajstić information content (AvgIpc) is 2.87. The van der Waals surface area contributed by atoms with E-state index in [4.69, 9.17) is 4.74 Å². The van der Waals surface area contributed by atoms with Gasteiger partial charge in [0, 0.05) is 11.9 Å². The molecule has 0 spiro atoms. The Balaban J connectivity index is 2.14. The van der Waals surface area contributed by atoms with Crippen LogP contribution in [-0.2, 0) is 16.0 Å². The molecule has 3 heteroatoms. The molecule has 0 fully saturated rings. The summed E-state index contributed by atoms with van der Waals surface area (Å²) < 4.78 is 5.27. The third-order valence-electron chi connectivity index (χ3n) is 4.23. The summed E-state index contributed by atoms with van der Waals surface area (Å²) in [5.74, 6) is -0.160. The second-order valence-electron chi connectivity index (χ2n) is 5.73. The molecule has 1 atom stereocenters. The molecule has 1 heterocycles. The van der Waals surface area contributed by atoms with E-state index in [-0.39, 0.29) is 11.9 Å². The van der Waals surface area contributed by atoms with Crippen LogP contribution in [0, 0.1) is 0 Å². The minimum atomic E-state index is -0.0978. The molecule has 1 aromatic heterocycles. The highest BCUT2D eigenvalue weighted by Gasteiger charge is 2.25. The summed E-state index contributed by atoms with van der Waals surface area (Å²) in [4.78, 5) is 15.5. The van der Waals surface area contributed by atoms with Gasteiger partial charge in [0.2, 0.25) is 0 Å². The third-order valence-corrected chi connectivity index (χ3v) is 4.23. The Morgan fingerprint density at radius 2 is 1.90 bits per heavy atom. The molecule has 0 saturated heterocycles. The lowest BCUT2D eigenvalue weighted by Crippen LogP contribution is -2.18. The van der Waals surface area contributed by atoms with E-state index in [0.717, 1.165) is 25.0 Å². The highest BCUT2D eigenvalue weighted by atomic mass is 16.5. The fourth-order valence-electron chi connectivity index (χ4n) is 3.13. The third kappa shape index (κ3) is 4.12. The molecule has 0 saturated carbocycles. The molecular weight excluding hydrogens is 250 g/mol. The van der Waals surface area contributed by atoms with Crippen molar-refractivity contribution in [1.29, 1.82) is 0 Å². The maximum Gasteiger partial charge on any atom is 0.314 e. The van der Waals surface area contributed by atoms with Crippen molar-refractivity contribution < 1.29 is 9.53 Å². The van der Waals surface area contributed by atoms with Crippen molar-refractivity contribution in [2.75, 3.05) is 6.61 Å². The van der Waals surface area contributed by atoms with E-state index in [1.807, 2.05) is 13.1 Å². The monoisotopic (exact) mass is 277 g/mol. The second-order valence-corrected chi connectivity index (χ2v) is 5.73. The van der Waals surface area contributed by atoms with Gasteiger partial charge >= 0.3 is 5.97 Å². The molecule has 2 rings (SSSR count). The molecule has 1 aliphatic carbocycles. The van der Waals surface area contributed by atoms with Gasteiger partial charge in [0.1, 0.15) is 0 Å². The van der Waals surface area contributed by atoms with Crippen LogP contribution in [-0.4, -0.2) is 17.6 Å². The van der Waals surface area contributed by atoms with Crippen molar-refractivity contribution >= 4 is 5.97 Å². The van der Waals surface area contributed by atoms with Crippen LogP contribution in [0.3, 0.4) is 0 Å². The van der Waals surface area contributed by atoms with Crippen LogP contribution in [0.2, 0.25) is 0 Å². The van der Waals surface area contributed by atoms with Crippen LogP contribution in [0.15, 0.2) is 12.3 Å². The van der Waals surface area contributed by atoms with Crippen molar-refractivity contribution in [2.45, 2.75) is 70.6 Å². The molecule has 0 amide bonds. The Morgan fingerprint density at radius 3 is 2.65 bits per heavy atom. The van der Waals surface area contributed by atoms with E-state index < -0.39 is 0 Å². The number of esters is 1. The lowest BCUT2D eigenvalue weighted by Gasteiger charge is -2.17. The quantitative estimate of drug-likeness (QED) is 0.817. The molecule has 1 aliphatic rings. The van der Waals surface area contributed by atoms with Crippen molar-refractivity contribution in [1.82, 2.24) is 4.98 Å². The number of aromatic amines is 1. The Bertz CT molecular complexity index is 411. The van der Waals surface area contributed by atoms with Gasteiger partial charge in [-0.15, -0.1) is 0 Å². The lowest BCUT2D eigenvalue weighted by atomic mass is 9.92. The maximum absolute atomic E-state index is 12.2. The zero-order chi connectivity index (χ0) is 14.2. The van der Waals surface area contributed by atoms with Gasteiger partial charge in [0.05, 0.1) is 12.5 Å². The van der Waals surface area contributed by atoms with E-state index in [9.17, 15) is 4.79 Å². The molecule has 0 aromatic carbocycles. The first-order valence-corrected chi connectivity index (χ1v) is 8.15. The number of carbonyl (C=O) groups excluding carboxylic acids is 1. The smallest absolute Gasteiger partial charge is 0.314 e.